The monoisotopic (exact) mass is 355 g/mol. The topological polar surface area (TPSA) is 73.2 Å². The summed E-state index contributed by atoms with van der Waals surface area (Å²) in [5.74, 6) is 0.952. The van der Waals surface area contributed by atoms with Crippen LogP contribution in [0.1, 0.15) is 11.3 Å². The van der Waals surface area contributed by atoms with E-state index in [0.717, 1.165) is 17.7 Å². The Labute approximate surface area is 140 Å². The van der Waals surface area contributed by atoms with E-state index < -0.39 is 10.0 Å². The molecule has 1 aromatic carbocycles. The van der Waals surface area contributed by atoms with Crippen LogP contribution in [0.15, 0.2) is 29.2 Å². The van der Waals surface area contributed by atoms with E-state index in [0.29, 0.717) is 18.8 Å². The Kier molecular flexibility index (Phi) is 4.35. The van der Waals surface area contributed by atoms with E-state index >= 15 is 0 Å². The predicted octanol–water partition coefficient (Wildman–Crippen LogP) is 1.91. The number of para-hydroxylation sites is 1. The lowest BCUT2D eigenvalue weighted by molar-refractivity contribution is 0.223. The number of ether oxygens (including phenoxy) is 1. The zero-order chi connectivity index (χ0) is 16.6. The van der Waals surface area contributed by atoms with E-state index in [1.165, 1.54) is 4.68 Å². The van der Waals surface area contributed by atoms with Gasteiger partial charge in [0.05, 0.1) is 12.3 Å². The average molecular weight is 356 g/mol. The Bertz CT molecular complexity index is 832. The minimum absolute atomic E-state index is 0.0406. The highest BCUT2D eigenvalue weighted by Crippen LogP contribution is 2.27. The quantitative estimate of drug-likeness (QED) is 0.909. The molecular formula is C15H18ClN3O3S. The van der Waals surface area contributed by atoms with Crippen molar-refractivity contribution >= 4 is 21.6 Å². The molecule has 23 heavy (non-hydrogen) atoms. The molecule has 8 heteroatoms. The van der Waals surface area contributed by atoms with E-state index in [1.54, 1.807) is 14.0 Å². The van der Waals surface area contributed by atoms with Crippen LogP contribution in [0.3, 0.4) is 0 Å². The van der Waals surface area contributed by atoms with E-state index in [4.69, 9.17) is 16.3 Å². The molecule has 0 amide bonds. The van der Waals surface area contributed by atoms with E-state index in [2.05, 4.69) is 9.82 Å². The molecular weight excluding hydrogens is 338 g/mol. The zero-order valence-electron chi connectivity index (χ0n) is 12.9. The Morgan fingerprint density at radius 2 is 2.17 bits per heavy atom. The van der Waals surface area contributed by atoms with Crippen LogP contribution >= 0.6 is 11.6 Å². The molecule has 0 saturated carbocycles. The third-order valence-corrected chi connectivity index (χ3v) is 6.01. The fraction of sp³-hybridized carbons (Fsp3) is 0.400. The first kappa shape index (κ1) is 16.3. The number of aryl methyl sites for hydroxylation is 2. The van der Waals surface area contributed by atoms with Crippen LogP contribution in [-0.2, 0) is 23.5 Å². The minimum Gasteiger partial charge on any atom is -0.493 e. The first-order valence-corrected chi connectivity index (χ1v) is 9.14. The van der Waals surface area contributed by atoms with Crippen molar-refractivity contribution in [2.24, 2.45) is 13.0 Å². The van der Waals surface area contributed by atoms with Gasteiger partial charge in [-0.3, -0.25) is 4.68 Å². The number of aromatic nitrogens is 2. The number of nitrogens with one attached hydrogen (secondary N) is 1. The summed E-state index contributed by atoms with van der Waals surface area (Å²) in [6, 6.07) is 7.80. The van der Waals surface area contributed by atoms with Crippen LogP contribution in [0, 0.1) is 12.8 Å². The molecule has 0 spiro atoms. The van der Waals surface area contributed by atoms with Gasteiger partial charge in [-0.15, -0.1) is 0 Å². The molecule has 1 aliphatic rings. The van der Waals surface area contributed by atoms with Gasteiger partial charge in [-0.1, -0.05) is 29.8 Å². The van der Waals surface area contributed by atoms with Crippen LogP contribution in [0.25, 0.3) is 0 Å². The van der Waals surface area contributed by atoms with Gasteiger partial charge in [0.2, 0.25) is 10.0 Å². The van der Waals surface area contributed by atoms with Gasteiger partial charge in [0.15, 0.2) is 0 Å². The van der Waals surface area contributed by atoms with Gasteiger partial charge >= 0.3 is 0 Å². The second kappa shape index (κ2) is 6.14. The molecule has 1 N–H and O–H groups in total. The van der Waals surface area contributed by atoms with E-state index in [-0.39, 0.29) is 16.0 Å². The molecule has 0 fully saturated rings. The lowest BCUT2D eigenvalue weighted by Crippen LogP contribution is -2.35. The third-order valence-electron chi connectivity index (χ3n) is 3.89. The summed E-state index contributed by atoms with van der Waals surface area (Å²) in [6.45, 7) is 2.40. The molecule has 2 aromatic rings. The fourth-order valence-electron chi connectivity index (χ4n) is 2.74. The van der Waals surface area contributed by atoms with Crippen LogP contribution in [0.2, 0.25) is 5.15 Å². The predicted molar refractivity (Wildman–Crippen MR) is 87.3 cm³/mol. The largest absolute Gasteiger partial charge is 0.493 e. The second-order valence-electron chi connectivity index (χ2n) is 5.67. The lowest BCUT2D eigenvalue weighted by atomic mass is 9.97. The highest BCUT2D eigenvalue weighted by molar-refractivity contribution is 7.89. The molecule has 0 aliphatic carbocycles. The molecule has 1 aliphatic heterocycles. The van der Waals surface area contributed by atoms with Gasteiger partial charge in [0.1, 0.15) is 15.8 Å². The van der Waals surface area contributed by atoms with Gasteiger partial charge in [-0.05, 0) is 25.0 Å². The number of hydrogen-bond acceptors (Lipinski definition) is 4. The van der Waals surface area contributed by atoms with Crippen molar-refractivity contribution in [3.05, 3.63) is 40.7 Å². The molecule has 1 unspecified atom stereocenters. The standard InChI is InChI=1S/C15H18ClN3O3S/c1-10-14(15(16)19(2)18-10)23(20,21)17-8-11-7-12-5-3-4-6-13(12)22-9-11/h3-6,11,17H,7-9H2,1-2H3. The number of halogens is 1. The van der Waals surface area contributed by atoms with Crippen molar-refractivity contribution in [2.75, 3.05) is 13.2 Å². The molecule has 0 bridgehead atoms. The molecule has 6 nitrogen and oxygen atoms in total. The smallest absolute Gasteiger partial charge is 0.245 e. The number of hydrogen-bond donors (Lipinski definition) is 1. The molecule has 124 valence electrons. The Morgan fingerprint density at radius 3 is 2.87 bits per heavy atom. The van der Waals surface area contributed by atoms with Gasteiger partial charge in [-0.25, -0.2) is 13.1 Å². The number of sulfonamides is 1. The maximum Gasteiger partial charge on any atom is 0.245 e. The summed E-state index contributed by atoms with van der Waals surface area (Å²) < 4.78 is 34.6. The van der Waals surface area contributed by atoms with Crippen molar-refractivity contribution in [3.8, 4) is 5.75 Å². The summed E-state index contributed by atoms with van der Waals surface area (Å²) in [7, 11) is -2.09. The van der Waals surface area contributed by atoms with Crippen molar-refractivity contribution < 1.29 is 13.2 Å². The fourth-order valence-corrected chi connectivity index (χ4v) is 4.60. The molecule has 1 aromatic heterocycles. The summed E-state index contributed by atoms with van der Waals surface area (Å²) in [6.07, 6.45) is 0.776. The summed E-state index contributed by atoms with van der Waals surface area (Å²) >= 11 is 6.04. The maximum atomic E-state index is 12.5. The number of nitrogens with zero attached hydrogens (tertiary/aromatic N) is 2. The summed E-state index contributed by atoms with van der Waals surface area (Å²) in [5.41, 5.74) is 1.48. The SMILES string of the molecule is Cc1nn(C)c(Cl)c1S(=O)(=O)NCC1COc2ccccc2C1. The Balaban J connectivity index is 1.71. The van der Waals surface area contributed by atoms with Crippen LogP contribution in [-0.4, -0.2) is 31.3 Å². The van der Waals surface area contributed by atoms with Gasteiger partial charge in [-0.2, -0.15) is 5.10 Å². The molecule has 1 atom stereocenters. The second-order valence-corrected chi connectivity index (χ2v) is 7.73. The minimum atomic E-state index is -3.70. The van der Waals surface area contributed by atoms with Crippen LogP contribution in [0.4, 0.5) is 0 Å². The number of benzene rings is 1. The Hall–Kier alpha value is -1.57. The number of fused-ring (bicyclic) bond motifs is 1. The van der Waals surface area contributed by atoms with E-state index in [9.17, 15) is 8.42 Å². The number of rotatable bonds is 4. The highest BCUT2D eigenvalue weighted by atomic mass is 35.5. The van der Waals surface area contributed by atoms with E-state index in [1.807, 2.05) is 24.3 Å². The van der Waals surface area contributed by atoms with Gasteiger partial charge in [0, 0.05) is 19.5 Å². The third kappa shape index (κ3) is 3.22. The molecule has 3 rings (SSSR count). The van der Waals surface area contributed by atoms with Crippen molar-refractivity contribution in [1.82, 2.24) is 14.5 Å². The molecule has 2 heterocycles. The molecule has 0 saturated heterocycles. The van der Waals surface area contributed by atoms with Crippen molar-refractivity contribution in [1.29, 1.82) is 0 Å². The van der Waals surface area contributed by atoms with Crippen LogP contribution < -0.4 is 9.46 Å². The summed E-state index contributed by atoms with van der Waals surface area (Å²) in [5, 5.41) is 4.15. The lowest BCUT2D eigenvalue weighted by Gasteiger charge is -2.25. The van der Waals surface area contributed by atoms with Gasteiger partial charge < -0.3 is 4.74 Å². The summed E-state index contributed by atoms with van der Waals surface area (Å²) in [4.78, 5) is 0.0406. The first-order chi connectivity index (χ1) is 10.9. The van der Waals surface area contributed by atoms with Crippen molar-refractivity contribution in [2.45, 2.75) is 18.2 Å². The average Bonchev–Trinajstić information content (AvgIpc) is 2.78. The maximum absolute atomic E-state index is 12.5. The Morgan fingerprint density at radius 1 is 1.43 bits per heavy atom. The van der Waals surface area contributed by atoms with Crippen LogP contribution in [0.5, 0.6) is 5.75 Å². The van der Waals surface area contributed by atoms with Gasteiger partial charge in [0.25, 0.3) is 0 Å². The van der Waals surface area contributed by atoms with Crippen molar-refractivity contribution in [3.63, 3.8) is 0 Å². The zero-order valence-corrected chi connectivity index (χ0v) is 14.5. The molecule has 0 radical (unpaired) electrons. The highest BCUT2D eigenvalue weighted by Gasteiger charge is 2.27. The first-order valence-electron chi connectivity index (χ1n) is 7.28. The normalized spacial score (nSPS) is 17.6.